The van der Waals surface area contributed by atoms with Gasteiger partial charge in [0.2, 0.25) is 11.8 Å². The van der Waals surface area contributed by atoms with Crippen molar-refractivity contribution in [2.24, 2.45) is 11.8 Å². The third kappa shape index (κ3) is 8.24. The van der Waals surface area contributed by atoms with Gasteiger partial charge in [0, 0.05) is 22.8 Å². The Morgan fingerprint density at radius 1 is 0.719 bits per heavy atom. The van der Waals surface area contributed by atoms with Gasteiger partial charge in [-0.15, -0.1) is 11.3 Å². The first-order chi connectivity index (χ1) is 27.4. The van der Waals surface area contributed by atoms with E-state index in [2.05, 4.69) is 74.1 Å². The molecule has 3 aromatic heterocycles. The van der Waals surface area contributed by atoms with Crippen LogP contribution in [-0.4, -0.2) is 93.1 Å². The SMILES string of the molecule is COC(=O)NC(C(=O)N1CCCC1c1ncc(-c2ccc(-c3ccc(-c4ccc5nc(C6CCCN6C(=O)C(NC(=O)OC)C(C)C)[nH]c5c4)s3)cc2)[nH]1)C(C)C. The molecule has 300 valence electrons. The minimum Gasteiger partial charge on any atom is -0.453 e. The number of nitrogens with one attached hydrogen (secondary N) is 4. The smallest absolute Gasteiger partial charge is 0.407 e. The van der Waals surface area contributed by atoms with E-state index in [1.807, 2.05) is 49.8 Å². The monoisotopic (exact) mass is 794 g/mol. The molecule has 7 rings (SSSR count). The molecular weight excluding hydrogens is 745 g/mol. The van der Waals surface area contributed by atoms with E-state index in [1.165, 1.54) is 14.2 Å². The van der Waals surface area contributed by atoms with E-state index in [1.54, 1.807) is 11.3 Å². The van der Waals surface area contributed by atoms with Crippen LogP contribution in [0.5, 0.6) is 0 Å². The zero-order valence-corrected chi connectivity index (χ0v) is 33.9. The number of methoxy groups -OCH3 is 2. The highest BCUT2D eigenvalue weighted by Gasteiger charge is 2.39. The molecule has 2 aliphatic heterocycles. The summed E-state index contributed by atoms with van der Waals surface area (Å²) in [6.07, 6.45) is 3.83. The Morgan fingerprint density at radius 3 is 1.81 bits per heavy atom. The normalized spacial score (nSPS) is 18.0. The number of amides is 4. The Kier molecular flexibility index (Phi) is 11.7. The van der Waals surface area contributed by atoms with Crippen LogP contribution in [0.3, 0.4) is 0 Å². The fourth-order valence-corrected chi connectivity index (χ4v) is 8.85. The van der Waals surface area contributed by atoms with Crippen molar-refractivity contribution in [3.63, 3.8) is 0 Å². The average molecular weight is 795 g/mol. The molecule has 0 radical (unpaired) electrons. The quantitative estimate of drug-likeness (QED) is 0.107. The second kappa shape index (κ2) is 16.8. The summed E-state index contributed by atoms with van der Waals surface area (Å²) < 4.78 is 9.53. The highest BCUT2D eigenvalue weighted by molar-refractivity contribution is 7.18. The molecule has 4 atom stereocenters. The van der Waals surface area contributed by atoms with Crippen LogP contribution in [0.15, 0.2) is 60.8 Å². The lowest BCUT2D eigenvalue weighted by molar-refractivity contribution is -0.136. The largest absolute Gasteiger partial charge is 0.453 e. The first-order valence-corrected chi connectivity index (χ1v) is 20.3. The average Bonchev–Trinajstić information content (AvgIpc) is 4.06. The number of hydrogen-bond donors (Lipinski definition) is 4. The number of benzene rings is 2. The van der Waals surface area contributed by atoms with E-state index in [0.29, 0.717) is 13.1 Å². The molecule has 0 saturated carbocycles. The minimum absolute atomic E-state index is 0.104. The fraction of sp³-hybridized carbons (Fsp3) is 0.429. The van der Waals surface area contributed by atoms with Crippen LogP contribution in [-0.2, 0) is 19.1 Å². The highest BCUT2D eigenvalue weighted by Crippen LogP contribution is 2.38. The number of alkyl carbamates (subject to hydrolysis) is 2. The molecular formula is C42H50N8O6S. The molecule has 14 nitrogen and oxygen atoms in total. The Bertz CT molecular complexity index is 2240. The highest BCUT2D eigenvalue weighted by atomic mass is 32.1. The molecule has 5 aromatic rings. The summed E-state index contributed by atoms with van der Waals surface area (Å²) in [5.41, 5.74) is 5.74. The summed E-state index contributed by atoms with van der Waals surface area (Å²) in [5, 5.41) is 5.41. The van der Waals surface area contributed by atoms with Crippen molar-refractivity contribution in [2.45, 2.75) is 77.5 Å². The predicted octanol–water partition coefficient (Wildman–Crippen LogP) is 7.44. The molecule has 2 aliphatic rings. The Balaban J connectivity index is 1.03. The van der Waals surface area contributed by atoms with Crippen LogP contribution in [0.2, 0.25) is 0 Å². The molecule has 15 heteroatoms. The summed E-state index contributed by atoms with van der Waals surface area (Å²) in [7, 11) is 2.58. The van der Waals surface area contributed by atoms with Gasteiger partial charge in [-0.05, 0) is 78.5 Å². The molecule has 4 amide bonds. The van der Waals surface area contributed by atoms with E-state index in [9.17, 15) is 19.2 Å². The van der Waals surface area contributed by atoms with Crippen LogP contribution in [0.4, 0.5) is 9.59 Å². The molecule has 0 spiro atoms. The molecule has 57 heavy (non-hydrogen) atoms. The van der Waals surface area contributed by atoms with E-state index in [0.717, 1.165) is 80.5 Å². The summed E-state index contributed by atoms with van der Waals surface area (Å²) in [4.78, 5) is 73.5. The zero-order valence-electron chi connectivity index (χ0n) is 33.1. The number of fused-ring (bicyclic) bond motifs is 1. The van der Waals surface area contributed by atoms with Gasteiger partial charge in [-0.3, -0.25) is 9.59 Å². The lowest BCUT2D eigenvalue weighted by Crippen LogP contribution is -2.51. The third-order valence-corrected chi connectivity index (χ3v) is 12.1. The van der Waals surface area contributed by atoms with E-state index >= 15 is 0 Å². The lowest BCUT2D eigenvalue weighted by atomic mass is 10.0. The van der Waals surface area contributed by atoms with Gasteiger partial charge in [0.25, 0.3) is 0 Å². The number of hydrogen-bond acceptors (Lipinski definition) is 9. The number of likely N-dealkylation sites (tertiary alicyclic amines) is 2. The van der Waals surface area contributed by atoms with Crippen molar-refractivity contribution >= 4 is 46.4 Å². The van der Waals surface area contributed by atoms with Crippen LogP contribution < -0.4 is 10.6 Å². The fourth-order valence-electron chi connectivity index (χ4n) is 7.84. The second-order valence-corrected chi connectivity index (χ2v) is 16.5. The predicted molar refractivity (Wildman–Crippen MR) is 218 cm³/mol. The Labute approximate surface area is 335 Å². The molecule has 5 heterocycles. The second-order valence-electron chi connectivity index (χ2n) is 15.4. The van der Waals surface area contributed by atoms with Gasteiger partial charge in [0.05, 0.1) is 49.2 Å². The van der Waals surface area contributed by atoms with Crippen molar-refractivity contribution < 1.29 is 28.7 Å². The van der Waals surface area contributed by atoms with Crippen molar-refractivity contribution in [1.82, 2.24) is 40.4 Å². The maximum absolute atomic E-state index is 13.6. The van der Waals surface area contributed by atoms with Gasteiger partial charge < -0.3 is 39.9 Å². The van der Waals surface area contributed by atoms with Crippen molar-refractivity contribution in [2.75, 3.05) is 27.3 Å². The van der Waals surface area contributed by atoms with Gasteiger partial charge in [-0.1, -0.05) is 58.0 Å². The maximum atomic E-state index is 13.6. The van der Waals surface area contributed by atoms with Crippen LogP contribution in [0, 0.1) is 11.8 Å². The van der Waals surface area contributed by atoms with Gasteiger partial charge >= 0.3 is 12.2 Å². The van der Waals surface area contributed by atoms with Gasteiger partial charge in [0.15, 0.2) is 0 Å². The standard InChI is InChI=1S/C42H50N8O6S/c1-23(2)35(47-41(53)55-5)39(51)49-19-7-9-31(49)37-43-22-30(46-37)25-11-13-26(14-12-25)33-17-18-34(57-33)27-15-16-28-29(21-27)45-38(44-28)32-10-8-20-50(32)40(52)36(24(3)4)48-42(54)56-6/h11-18,21-24,31-32,35-36H,7-10,19-20H2,1-6H3,(H,43,46)(H,44,45)(H,47,53)(H,48,54). The van der Waals surface area contributed by atoms with Crippen molar-refractivity contribution in [3.05, 3.63) is 72.4 Å². The zero-order chi connectivity index (χ0) is 40.4. The number of rotatable bonds is 11. The number of imidazole rings is 2. The van der Waals surface area contributed by atoms with E-state index in [-0.39, 0.29) is 35.7 Å². The summed E-state index contributed by atoms with van der Waals surface area (Å²) in [6, 6.07) is 17.0. The molecule has 2 saturated heterocycles. The molecule has 2 fully saturated rings. The number of ether oxygens (including phenoxy) is 2. The number of carbonyl (C=O) groups excluding carboxylic acids is 4. The Morgan fingerprint density at radius 2 is 1.25 bits per heavy atom. The van der Waals surface area contributed by atoms with Gasteiger partial charge in [-0.2, -0.15) is 0 Å². The number of carbonyl (C=O) groups is 4. The topological polar surface area (TPSA) is 175 Å². The Hall–Kier alpha value is -5.70. The number of aromatic nitrogens is 4. The molecule has 4 N–H and O–H groups in total. The van der Waals surface area contributed by atoms with Crippen molar-refractivity contribution in [1.29, 1.82) is 0 Å². The number of aromatic amines is 2. The van der Waals surface area contributed by atoms with Crippen molar-refractivity contribution in [3.8, 4) is 32.1 Å². The van der Waals surface area contributed by atoms with Crippen LogP contribution in [0.25, 0.3) is 43.2 Å². The van der Waals surface area contributed by atoms with E-state index < -0.39 is 24.3 Å². The van der Waals surface area contributed by atoms with Crippen LogP contribution in [0.1, 0.15) is 77.1 Å². The molecule has 0 bridgehead atoms. The summed E-state index contributed by atoms with van der Waals surface area (Å²) in [6.45, 7) is 8.81. The van der Waals surface area contributed by atoms with Gasteiger partial charge in [0.1, 0.15) is 23.7 Å². The molecule has 0 aliphatic carbocycles. The minimum atomic E-state index is -0.689. The number of nitrogens with zero attached hydrogens (tertiary/aromatic N) is 4. The third-order valence-electron chi connectivity index (χ3n) is 11.0. The van der Waals surface area contributed by atoms with Crippen LogP contribution >= 0.6 is 11.3 Å². The lowest BCUT2D eigenvalue weighted by Gasteiger charge is -2.30. The molecule has 2 aromatic carbocycles. The molecule has 4 unspecified atom stereocenters. The summed E-state index contributed by atoms with van der Waals surface area (Å²) in [5.74, 6) is 0.988. The first kappa shape index (κ1) is 39.5. The number of H-pyrrole nitrogens is 2. The van der Waals surface area contributed by atoms with E-state index in [4.69, 9.17) is 14.5 Å². The van der Waals surface area contributed by atoms with Gasteiger partial charge in [-0.25, -0.2) is 19.6 Å². The first-order valence-electron chi connectivity index (χ1n) is 19.5. The maximum Gasteiger partial charge on any atom is 0.407 e. The summed E-state index contributed by atoms with van der Waals surface area (Å²) >= 11 is 1.71. The number of thiophene rings is 1.